The predicted octanol–water partition coefficient (Wildman–Crippen LogP) is 2.63. The second-order valence-electron chi connectivity index (χ2n) is 7.32. The Hall–Kier alpha value is -3.20. The molecule has 0 aliphatic carbocycles. The van der Waals surface area contributed by atoms with Crippen molar-refractivity contribution in [3.63, 3.8) is 0 Å². The molecular weight excluding hydrogens is 386 g/mol. The molecule has 29 heavy (non-hydrogen) atoms. The van der Waals surface area contributed by atoms with Gasteiger partial charge in [-0.25, -0.2) is 0 Å². The van der Waals surface area contributed by atoms with Gasteiger partial charge in [-0.3, -0.25) is 4.79 Å². The van der Waals surface area contributed by atoms with Crippen LogP contribution in [0.4, 0.5) is 11.4 Å². The normalized spacial score (nSPS) is 15.3. The van der Waals surface area contributed by atoms with Crippen LogP contribution in [0.3, 0.4) is 0 Å². The Morgan fingerprint density at radius 1 is 1.24 bits per heavy atom. The number of nitrogen functional groups attached to an aromatic ring is 1. The molecule has 1 fully saturated rings. The molecule has 0 saturated carbocycles. The number of nitrogens with one attached hydrogen (secondary N) is 1. The molecule has 8 nitrogen and oxygen atoms in total. The molecule has 1 saturated heterocycles. The van der Waals surface area contributed by atoms with Gasteiger partial charge in [-0.05, 0) is 31.9 Å². The summed E-state index contributed by atoms with van der Waals surface area (Å²) < 4.78 is 1.62. The lowest BCUT2D eigenvalue weighted by Gasteiger charge is -2.33. The highest BCUT2D eigenvalue weighted by Gasteiger charge is 2.25. The average Bonchev–Trinajstić information content (AvgIpc) is 3.34. The number of nitrogens with two attached hydrogens (primary N) is 1. The third-order valence-electron chi connectivity index (χ3n) is 5.52. The van der Waals surface area contributed by atoms with Gasteiger partial charge < -0.3 is 16.0 Å². The summed E-state index contributed by atoms with van der Waals surface area (Å²) in [5.74, 6) is -0.126. The molecule has 148 valence electrons. The van der Waals surface area contributed by atoms with Gasteiger partial charge in [0.15, 0.2) is 5.65 Å². The zero-order chi connectivity index (χ0) is 20.0. The second kappa shape index (κ2) is 7.00. The van der Waals surface area contributed by atoms with Gasteiger partial charge in [-0.15, -0.1) is 21.5 Å². The standard InChI is InChI=1S/C20H21N7OS/c1-12-15-16(21)17(29-20(15)25-27-11-22-24-18(12)27)19(28)23-13-7-9-26(10-8-13)14-5-3-2-4-6-14/h2-6,11,13H,7-10,21H2,1H3,(H,23,28). The molecule has 0 spiro atoms. The minimum Gasteiger partial charge on any atom is -0.397 e. The van der Waals surface area contributed by atoms with Gasteiger partial charge in [0.2, 0.25) is 0 Å². The van der Waals surface area contributed by atoms with E-state index >= 15 is 0 Å². The van der Waals surface area contributed by atoms with Crippen molar-refractivity contribution in [3.05, 3.63) is 47.1 Å². The van der Waals surface area contributed by atoms with E-state index in [9.17, 15) is 4.79 Å². The minimum absolute atomic E-state index is 0.126. The Morgan fingerprint density at radius 3 is 2.76 bits per heavy atom. The largest absolute Gasteiger partial charge is 0.397 e. The number of aryl methyl sites for hydroxylation is 1. The van der Waals surface area contributed by atoms with Crippen LogP contribution in [0.5, 0.6) is 0 Å². The van der Waals surface area contributed by atoms with Crippen LogP contribution in [-0.4, -0.2) is 44.8 Å². The molecule has 5 rings (SSSR count). The van der Waals surface area contributed by atoms with Crippen LogP contribution in [0.2, 0.25) is 0 Å². The molecule has 1 aliphatic heterocycles. The van der Waals surface area contributed by atoms with Gasteiger partial charge in [-0.1, -0.05) is 18.2 Å². The fourth-order valence-corrected chi connectivity index (χ4v) is 5.02. The number of benzene rings is 1. The monoisotopic (exact) mass is 407 g/mol. The topological polar surface area (TPSA) is 101 Å². The first-order valence-corrected chi connectivity index (χ1v) is 10.4. The van der Waals surface area contributed by atoms with E-state index in [1.54, 1.807) is 10.8 Å². The Kier molecular flexibility index (Phi) is 4.31. The fraction of sp³-hybridized carbons (Fsp3) is 0.300. The van der Waals surface area contributed by atoms with Crippen molar-refractivity contribution in [2.75, 3.05) is 23.7 Å². The highest BCUT2D eigenvalue weighted by molar-refractivity contribution is 7.21. The molecule has 0 bridgehead atoms. The number of piperidine rings is 1. The van der Waals surface area contributed by atoms with Crippen LogP contribution in [0, 0.1) is 6.92 Å². The number of carbonyl (C=O) groups excluding carboxylic acids is 1. The van der Waals surface area contributed by atoms with Crippen molar-refractivity contribution in [1.82, 2.24) is 25.1 Å². The van der Waals surface area contributed by atoms with Crippen molar-refractivity contribution in [2.24, 2.45) is 0 Å². The summed E-state index contributed by atoms with van der Waals surface area (Å²) in [6.07, 6.45) is 3.36. The molecule has 1 amide bonds. The number of hydrogen-bond acceptors (Lipinski definition) is 7. The summed E-state index contributed by atoms with van der Waals surface area (Å²) in [5.41, 5.74) is 9.59. The molecule has 3 N–H and O–H groups in total. The summed E-state index contributed by atoms with van der Waals surface area (Å²) in [6, 6.07) is 10.5. The molecule has 0 radical (unpaired) electrons. The number of aromatic nitrogens is 4. The van der Waals surface area contributed by atoms with Crippen LogP contribution in [-0.2, 0) is 0 Å². The lowest BCUT2D eigenvalue weighted by atomic mass is 10.0. The van der Waals surface area contributed by atoms with Gasteiger partial charge >= 0.3 is 0 Å². The van der Waals surface area contributed by atoms with E-state index in [1.165, 1.54) is 17.0 Å². The zero-order valence-electron chi connectivity index (χ0n) is 16.0. The smallest absolute Gasteiger partial charge is 0.263 e. The number of nitrogens with zero attached hydrogens (tertiary/aromatic N) is 5. The van der Waals surface area contributed by atoms with Crippen LogP contribution in [0.15, 0.2) is 36.7 Å². The number of hydrogen-bond donors (Lipinski definition) is 2. The van der Waals surface area contributed by atoms with Crippen molar-refractivity contribution in [3.8, 4) is 0 Å². The van der Waals surface area contributed by atoms with Gasteiger partial charge in [0.25, 0.3) is 5.91 Å². The third-order valence-corrected chi connectivity index (χ3v) is 6.61. The van der Waals surface area contributed by atoms with E-state index in [1.807, 2.05) is 13.0 Å². The first-order chi connectivity index (χ1) is 14.1. The lowest BCUT2D eigenvalue weighted by molar-refractivity contribution is 0.0936. The number of para-hydroxylation sites is 1. The van der Waals surface area contributed by atoms with Crippen LogP contribution in [0.1, 0.15) is 28.1 Å². The van der Waals surface area contributed by atoms with E-state index in [-0.39, 0.29) is 11.9 Å². The SMILES string of the molecule is Cc1c2c(N)c(C(=O)NC3CCN(c4ccccc4)CC3)sc2nn2cnnc12. The van der Waals surface area contributed by atoms with Crippen molar-refractivity contribution in [1.29, 1.82) is 0 Å². The van der Waals surface area contributed by atoms with E-state index in [0.717, 1.165) is 41.7 Å². The van der Waals surface area contributed by atoms with E-state index < -0.39 is 0 Å². The van der Waals surface area contributed by atoms with Crippen molar-refractivity contribution in [2.45, 2.75) is 25.8 Å². The van der Waals surface area contributed by atoms with Gasteiger partial charge in [0.05, 0.1) is 5.69 Å². The number of anilines is 2. The summed E-state index contributed by atoms with van der Waals surface area (Å²) in [5, 5.41) is 16.4. The fourth-order valence-electron chi connectivity index (χ4n) is 3.96. The summed E-state index contributed by atoms with van der Waals surface area (Å²) in [7, 11) is 0. The van der Waals surface area contributed by atoms with Gasteiger partial charge in [0, 0.05) is 35.8 Å². The molecule has 4 heterocycles. The highest BCUT2D eigenvalue weighted by atomic mass is 32.1. The predicted molar refractivity (Wildman–Crippen MR) is 114 cm³/mol. The number of fused-ring (bicyclic) bond motifs is 2. The van der Waals surface area contributed by atoms with E-state index in [4.69, 9.17) is 5.73 Å². The Balaban J connectivity index is 1.33. The maximum Gasteiger partial charge on any atom is 0.263 e. The molecule has 0 atom stereocenters. The van der Waals surface area contributed by atoms with Crippen molar-refractivity contribution < 1.29 is 4.79 Å². The Morgan fingerprint density at radius 2 is 2.00 bits per heavy atom. The number of amides is 1. The maximum absolute atomic E-state index is 12.9. The number of carbonyl (C=O) groups is 1. The first-order valence-electron chi connectivity index (χ1n) is 9.61. The molecule has 9 heteroatoms. The van der Waals surface area contributed by atoms with E-state index in [0.29, 0.717) is 16.2 Å². The van der Waals surface area contributed by atoms with Gasteiger partial charge in [-0.2, -0.15) is 9.61 Å². The summed E-state index contributed by atoms with van der Waals surface area (Å²) >= 11 is 1.32. The maximum atomic E-state index is 12.9. The molecule has 1 aromatic carbocycles. The molecule has 3 aromatic heterocycles. The van der Waals surface area contributed by atoms with Crippen LogP contribution in [0.25, 0.3) is 15.9 Å². The summed E-state index contributed by atoms with van der Waals surface area (Å²) in [6.45, 7) is 3.77. The van der Waals surface area contributed by atoms with E-state index in [2.05, 4.69) is 49.8 Å². The van der Waals surface area contributed by atoms with Crippen LogP contribution < -0.4 is 16.0 Å². The first kappa shape index (κ1) is 17.9. The molecule has 0 unspecified atom stereocenters. The second-order valence-corrected chi connectivity index (χ2v) is 8.32. The Labute approximate surface area is 171 Å². The quantitative estimate of drug-likeness (QED) is 0.541. The lowest BCUT2D eigenvalue weighted by Crippen LogP contribution is -2.44. The Bertz CT molecular complexity index is 1190. The number of rotatable bonds is 3. The van der Waals surface area contributed by atoms with Gasteiger partial charge in [0.1, 0.15) is 16.0 Å². The summed E-state index contributed by atoms with van der Waals surface area (Å²) in [4.78, 5) is 16.5. The molecule has 1 aliphatic rings. The van der Waals surface area contributed by atoms with Crippen LogP contribution >= 0.6 is 11.3 Å². The van der Waals surface area contributed by atoms with Crippen molar-refractivity contribution >= 4 is 44.5 Å². The zero-order valence-corrected chi connectivity index (χ0v) is 16.8. The molecule has 4 aromatic rings. The average molecular weight is 408 g/mol. The minimum atomic E-state index is -0.126. The third kappa shape index (κ3) is 3.07. The number of thiophene rings is 1. The highest BCUT2D eigenvalue weighted by Crippen LogP contribution is 2.35. The molecular formula is C20H21N7OS.